The Labute approximate surface area is 107 Å². The van der Waals surface area contributed by atoms with Crippen LogP contribution in [0.1, 0.15) is 45.4 Å². The first-order valence-corrected chi connectivity index (χ1v) is 7.08. The molecule has 3 nitrogen and oxygen atoms in total. The monoisotopic (exact) mass is 242 g/mol. The quantitative estimate of drug-likeness (QED) is 0.744. The minimum Gasteiger partial charge on any atom is -0.383 e. The fraction of sp³-hybridized carbons (Fsp3) is 1.00. The minimum atomic E-state index is 0.0339. The molecular weight excluding hydrogens is 212 g/mol. The molecule has 1 rings (SSSR count). The Morgan fingerprint density at radius 2 is 1.94 bits per heavy atom. The predicted molar refractivity (Wildman–Crippen MR) is 73.2 cm³/mol. The summed E-state index contributed by atoms with van der Waals surface area (Å²) in [4.78, 5) is 2.45. The van der Waals surface area contributed by atoms with Crippen molar-refractivity contribution in [2.24, 2.45) is 11.7 Å². The SMILES string of the molecule is CCC(CN)(COC)N(C)CC1CCCCC1. The highest BCUT2D eigenvalue weighted by Gasteiger charge is 2.32. The molecule has 2 N–H and O–H groups in total. The van der Waals surface area contributed by atoms with E-state index in [2.05, 4.69) is 18.9 Å². The Morgan fingerprint density at radius 1 is 1.29 bits per heavy atom. The highest BCUT2D eigenvalue weighted by atomic mass is 16.5. The fourth-order valence-electron chi connectivity index (χ4n) is 3.06. The van der Waals surface area contributed by atoms with Crippen LogP contribution in [0, 0.1) is 5.92 Å². The Morgan fingerprint density at radius 3 is 2.41 bits per heavy atom. The summed E-state index contributed by atoms with van der Waals surface area (Å²) >= 11 is 0. The molecule has 0 spiro atoms. The summed E-state index contributed by atoms with van der Waals surface area (Å²) in [7, 11) is 3.98. The number of likely N-dealkylation sites (N-methyl/N-ethyl adjacent to an activating group) is 1. The first-order chi connectivity index (χ1) is 8.18. The normalized spacial score (nSPS) is 21.7. The molecule has 1 fully saturated rings. The first kappa shape index (κ1) is 14.9. The van der Waals surface area contributed by atoms with Gasteiger partial charge in [0.25, 0.3) is 0 Å². The lowest BCUT2D eigenvalue weighted by molar-refractivity contribution is 0.0162. The minimum absolute atomic E-state index is 0.0339. The molecule has 0 amide bonds. The van der Waals surface area contributed by atoms with Gasteiger partial charge in [0, 0.05) is 20.2 Å². The highest BCUT2D eigenvalue weighted by Crippen LogP contribution is 2.27. The molecule has 1 aliphatic carbocycles. The molecular formula is C14H30N2O. The molecule has 0 aliphatic heterocycles. The number of nitrogens with two attached hydrogens (primary N) is 1. The molecule has 102 valence electrons. The predicted octanol–water partition coefficient (Wildman–Crippen LogP) is 2.25. The van der Waals surface area contributed by atoms with E-state index >= 15 is 0 Å². The molecule has 1 saturated carbocycles. The van der Waals surface area contributed by atoms with Crippen LogP contribution < -0.4 is 5.73 Å². The van der Waals surface area contributed by atoms with Gasteiger partial charge in [-0.3, -0.25) is 4.90 Å². The van der Waals surface area contributed by atoms with Crippen LogP contribution in [-0.4, -0.2) is 44.3 Å². The van der Waals surface area contributed by atoms with Crippen LogP contribution in [0.15, 0.2) is 0 Å². The molecule has 1 aliphatic rings. The third kappa shape index (κ3) is 3.94. The zero-order chi connectivity index (χ0) is 12.7. The average molecular weight is 242 g/mol. The second kappa shape index (κ2) is 7.34. The summed E-state index contributed by atoms with van der Waals surface area (Å²) in [6.45, 7) is 4.81. The topological polar surface area (TPSA) is 38.5 Å². The zero-order valence-electron chi connectivity index (χ0n) is 11.9. The van der Waals surface area contributed by atoms with Crippen LogP contribution >= 0.6 is 0 Å². The van der Waals surface area contributed by atoms with Crippen molar-refractivity contribution in [3.8, 4) is 0 Å². The van der Waals surface area contributed by atoms with Crippen molar-refractivity contribution in [2.45, 2.75) is 51.0 Å². The van der Waals surface area contributed by atoms with Gasteiger partial charge in [-0.1, -0.05) is 26.2 Å². The fourth-order valence-corrected chi connectivity index (χ4v) is 3.06. The lowest BCUT2D eigenvalue weighted by Crippen LogP contribution is -2.56. The Bertz CT molecular complexity index is 198. The van der Waals surface area contributed by atoms with Crippen molar-refractivity contribution in [2.75, 3.05) is 33.9 Å². The van der Waals surface area contributed by atoms with Crippen LogP contribution in [0.3, 0.4) is 0 Å². The number of hydrogen-bond acceptors (Lipinski definition) is 3. The van der Waals surface area contributed by atoms with E-state index in [0.717, 1.165) is 18.9 Å². The molecule has 1 unspecified atom stereocenters. The molecule has 0 heterocycles. The highest BCUT2D eigenvalue weighted by molar-refractivity contribution is 4.90. The van der Waals surface area contributed by atoms with Crippen molar-refractivity contribution in [1.29, 1.82) is 0 Å². The van der Waals surface area contributed by atoms with E-state index in [9.17, 15) is 0 Å². The zero-order valence-corrected chi connectivity index (χ0v) is 11.9. The smallest absolute Gasteiger partial charge is 0.0658 e. The number of methoxy groups -OCH3 is 1. The summed E-state index contributed by atoms with van der Waals surface area (Å²) in [5.41, 5.74) is 6.02. The molecule has 0 aromatic carbocycles. The van der Waals surface area contributed by atoms with E-state index < -0.39 is 0 Å². The number of nitrogens with zero attached hydrogens (tertiary/aromatic N) is 1. The van der Waals surface area contributed by atoms with Crippen LogP contribution in [0.5, 0.6) is 0 Å². The molecule has 17 heavy (non-hydrogen) atoms. The van der Waals surface area contributed by atoms with Crippen molar-refractivity contribution in [3.63, 3.8) is 0 Å². The molecule has 0 saturated heterocycles. The van der Waals surface area contributed by atoms with E-state index in [-0.39, 0.29) is 5.54 Å². The molecule has 0 radical (unpaired) electrons. The lowest BCUT2D eigenvalue weighted by atomic mass is 9.87. The second-order valence-corrected chi connectivity index (χ2v) is 5.60. The third-order valence-electron chi connectivity index (χ3n) is 4.52. The van der Waals surface area contributed by atoms with Crippen molar-refractivity contribution >= 4 is 0 Å². The second-order valence-electron chi connectivity index (χ2n) is 5.60. The van der Waals surface area contributed by atoms with Crippen molar-refractivity contribution in [3.05, 3.63) is 0 Å². The molecule has 0 aromatic rings. The van der Waals surface area contributed by atoms with Gasteiger partial charge in [0.1, 0.15) is 0 Å². The van der Waals surface area contributed by atoms with Gasteiger partial charge in [-0.15, -0.1) is 0 Å². The molecule has 1 atom stereocenters. The maximum absolute atomic E-state index is 5.99. The first-order valence-electron chi connectivity index (χ1n) is 7.08. The number of rotatable bonds is 7. The van der Waals surface area contributed by atoms with Gasteiger partial charge in [-0.25, -0.2) is 0 Å². The number of hydrogen-bond donors (Lipinski definition) is 1. The maximum atomic E-state index is 5.99. The van der Waals surface area contributed by atoms with Crippen LogP contribution in [-0.2, 0) is 4.74 Å². The van der Waals surface area contributed by atoms with Gasteiger partial charge in [0.15, 0.2) is 0 Å². The van der Waals surface area contributed by atoms with E-state index in [1.807, 2.05) is 0 Å². The largest absolute Gasteiger partial charge is 0.383 e. The van der Waals surface area contributed by atoms with E-state index in [0.29, 0.717) is 6.54 Å². The Balaban J connectivity index is 2.53. The van der Waals surface area contributed by atoms with E-state index in [1.54, 1.807) is 7.11 Å². The van der Waals surface area contributed by atoms with Crippen LogP contribution in [0.2, 0.25) is 0 Å². The van der Waals surface area contributed by atoms with Crippen molar-refractivity contribution < 1.29 is 4.74 Å². The Hall–Kier alpha value is -0.120. The summed E-state index contributed by atoms with van der Waals surface area (Å²) in [6, 6.07) is 0. The summed E-state index contributed by atoms with van der Waals surface area (Å²) in [5.74, 6) is 0.864. The van der Waals surface area contributed by atoms with Gasteiger partial charge in [-0.05, 0) is 32.2 Å². The van der Waals surface area contributed by atoms with Gasteiger partial charge in [0.2, 0.25) is 0 Å². The van der Waals surface area contributed by atoms with Gasteiger partial charge >= 0.3 is 0 Å². The number of ether oxygens (including phenoxy) is 1. The van der Waals surface area contributed by atoms with Gasteiger partial charge in [0.05, 0.1) is 12.1 Å². The maximum Gasteiger partial charge on any atom is 0.0658 e. The van der Waals surface area contributed by atoms with Crippen molar-refractivity contribution in [1.82, 2.24) is 4.90 Å². The summed E-state index contributed by atoms with van der Waals surface area (Å²) < 4.78 is 5.38. The van der Waals surface area contributed by atoms with Crippen LogP contribution in [0.25, 0.3) is 0 Å². The molecule has 0 bridgehead atoms. The van der Waals surface area contributed by atoms with Gasteiger partial charge < -0.3 is 10.5 Å². The van der Waals surface area contributed by atoms with E-state index in [4.69, 9.17) is 10.5 Å². The lowest BCUT2D eigenvalue weighted by Gasteiger charge is -2.42. The molecule has 0 aromatic heterocycles. The Kier molecular flexibility index (Phi) is 6.45. The van der Waals surface area contributed by atoms with Crippen LogP contribution in [0.4, 0.5) is 0 Å². The average Bonchev–Trinajstić information content (AvgIpc) is 2.37. The van der Waals surface area contributed by atoms with Gasteiger partial charge in [-0.2, -0.15) is 0 Å². The standard InChI is InChI=1S/C14H30N2O/c1-4-14(11-15,12-17-3)16(2)10-13-8-6-5-7-9-13/h13H,4-12,15H2,1-3H3. The summed E-state index contributed by atoms with van der Waals surface area (Å²) in [6.07, 6.45) is 8.08. The van der Waals surface area contributed by atoms with E-state index in [1.165, 1.54) is 38.6 Å². The molecule has 3 heteroatoms. The summed E-state index contributed by atoms with van der Waals surface area (Å²) in [5, 5.41) is 0. The third-order valence-corrected chi connectivity index (χ3v) is 4.52.